The number of nitrogens with one attached hydrogen (secondary N) is 1. The van der Waals surface area contributed by atoms with Gasteiger partial charge in [0.2, 0.25) is 5.88 Å². The minimum absolute atomic E-state index is 0.617. The van der Waals surface area contributed by atoms with E-state index in [1.165, 1.54) is 0 Å². The normalized spacial score (nSPS) is 9.38. The molecule has 0 radical (unpaired) electrons. The summed E-state index contributed by atoms with van der Waals surface area (Å²) in [5.74, 6) is 0.617. The summed E-state index contributed by atoms with van der Waals surface area (Å²) in [5, 5.41) is 3.20. The number of aromatic nitrogens is 1. The van der Waals surface area contributed by atoms with Gasteiger partial charge in [0, 0.05) is 24.5 Å². The molecule has 0 saturated carbocycles. The van der Waals surface area contributed by atoms with Crippen LogP contribution in [0.15, 0.2) is 30.5 Å². The third kappa shape index (κ3) is 3.15. The maximum atomic E-state index is 4.99. The summed E-state index contributed by atoms with van der Waals surface area (Å²) >= 11 is 0. The van der Waals surface area contributed by atoms with Gasteiger partial charge in [-0.1, -0.05) is 12.2 Å². The van der Waals surface area contributed by atoms with Gasteiger partial charge in [-0.3, -0.25) is 0 Å². The third-order valence-corrected chi connectivity index (χ3v) is 1.54. The predicted octanol–water partition coefficient (Wildman–Crippen LogP) is 2.08. The summed E-state index contributed by atoms with van der Waals surface area (Å²) in [4.78, 5) is 4.00. The first kappa shape index (κ1) is 9.58. The van der Waals surface area contributed by atoms with Gasteiger partial charge in [0.1, 0.15) is 0 Å². The number of hydrogen-bond donors (Lipinski definition) is 1. The maximum absolute atomic E-state index is 4.99. The van der Waals surface area contributed by atoms with E-state index in [1.807, 2.05) is 19.1 Å². The van der Waals surface area contributed by atoms with Crippen molar-refractivity contribution in [3.05, 3.63) is 30.5 Å². The lowest BCUT2D eigenvalue weighted by atomic mass is 10.3. The van der Waals surface area contributed by atoms with Crippen molar-refractivity contribution in [1.82, 2.24) is 4.98 Å². The Hall–Kier alpha value is -1.51. The highest BCUT2D eigenvalue weighted by atomic mass is 16.5. The molecule has 1 aromatic rings. The Morgan fingerprint density at radius 3 is 3.08 bits per heavy atom. The van der Waals surface area contributed by atoms with Crippen molar-refractivity contribution in [3.63, 3.8) is 0 Å². The van der Waals surface area contributed by atoms with E-state index in [9.17, 15) is 0 Å². The fourth-order valence-electron chi connectivity index (χ4n) is 0.884. The van der Waals surface area contributed by atoms with Crippen molar-refractivity contribution >= 4 is 5.69 Å². The van der Waals surface area contributed by atoms with Crippen molar-refractivity contribution in [2.24, 2.45) is 0 Å². The molecule has 0 atom stereocenters. The van der Waals surface area contributed by atoms with Crippen LogP contribution in [0.2, 0.25) is 0 Å². The summed E-state index contributed by atoms with van der Waals surface area (Å²) in [5.41, 5.74) is 2.09. The average Bonchev–Trinajstić information content (AvgIpc) is 2.15. The van der Waals surface area contributed by atoms with Crippen molar-refractivity contribution in [1.29, 1.82) is 0 Å². The molecule has 13 heavy (non-hydrogen) atoms. The Labute approximate surface area is 78.4 Å². The second kappa shape index (κ2) is 4.50. The Bertz CT molecular complexity index is 297. The smallest absolute Gasteiger partial charge is 0.214 e. The van der Waals surface area contributed by atoms with Crippen LogP contribution in [0.25, 0.3) is 0 Å². The zero-order valence-corrected chi connectivity index (χ0v) is 8.00. The highest BCUT2D eigenvalue weighted by molar-refractivity contribution is 5.45. The summed E-state index contributed by atoms with van der Waals surface area (Å²) < 4.78 is 4.99. The number of hydrogen-bond acceptors (Lipinski definition) is 3. The Morgan fingerprint density at radius 1 is 1.69 bits per heavy atom. The molecule has 0 spiro atoms. The van der Waals surface area contributed by atoms with Crippen LogP contribution in [-0.4, -0.2) is 18.6 Å². The molecule has 3 nitrogen and oxygen atoms in total. The van der Waals surface area contributed by atoms with Crippen LogP contribution < -0.4 is 10.1 Å². The lowest BCUT2D eigenvalue weighted by Crippen LogP contribution is -2.02. The summed E-state index contributed by atoms with van der Waals surface area (Å²) in [7, 11) is 1.60. The molecule has 70 valence electrons. The lowest BCUT2D eigenvalue weighted by Gasteiger charge is -2.06. The highest BCUT2D eigenvalue weighted by Crippen LogP contribution is 2.13. The van der Waals surface area contributed by atoms with Crippen molar-refractivity contribution in [3.8, 4) is 5.88 Å². The SMILES string of the molecule is C=C(C)CNc1ccnc(OC)c1. The van der Waals surface area contributed by atoms with Crippen LogP contribution in [0.1, 0.15) is 6.92 Å². The molecule has 0 fully saturated rings. The molecule has 1 heterocycles. The summed E-state index contributed by atoms with van der Waals surface area (Å²) in [6, 6.07) is 3.74. The minimum Gasteiger partial charge on any atom is -0.481 e. The molecule has 3 heteroatoms. The molecular formula is C10H14N2O. The lowest BCUT2D eigenvalue weighted by molar-refractivity contribution is 0.398. The van der Waals surface area contributed by atoms with E-state index in [-0.39, 0.29) is 0 Å². The number of pyridine rings is 1. The van der Waals surface area contributed by atoms with Gasteiger partial charge >= 0.3 is 0 Å². The fourth-order valence-corrected chi connectivity index (χ4v) is 0.884. The second-order valence-corrected chi connectivity index (χ2v) is 2.90. The van der Waals surface area contributed by atoms with E-state index >= 15 is 0 Å². The molecule has 0 bridgehead atoms. The van der Waals surface area contributed by atoms with Gasteiger partial charge < -0.3 is 10.1 Å². The predicted molar refractivity (Wildman–Crippen MR) is 54.1 cm³/mol. The zero-order valence-electron chi connectivity index (χ0n) is 8.00. The molecule has 0 aliphatic rings. The van der Waals surface area contributed by atoms with Crippen LogP contribution in [0.3, 0.4) is 0 Å². The molecular weight excluding hydrogens is 164 g/mol. The molecule has 1 rings (SSSR count). The van der Waals surface area contributed by atoms with E-state index in [0.29, 0.717) is 5.88 Å². The quantitative estimate of drug-likeness (QED) is 0.717. The van der Waals surface area contributed by atoms with Crippen molar-refractivity contribution < 1.29 is 4.74 Å². The zero-order chi connectivity index (χ0) is 9.68. The monoisotopic (exact) mass is 178 g/mol. The topological polar surface area (TPSA) is 34.2 Å². The van der Waals surface area contributed by atoms with E-state index < -0.39 is 0 Å². The van der Waals surface area contributed by atoms with Crippen LogP contribution in [0, 0.1) is 0 Å². The molecule has 0 saturated heterocycles. The standard InChI is InChI=1S/C10H14N2O/c1-8(2)7-12-9-4-5-11-10(6-9)13-3/h4-6H,1,7H2,2-3H3,(H,11,12). The molecule has 0 aromatic carbocycles. The second-order valence-electron chi connectivity index (χ2n) is 2.90. The van der Waals surface area contributed by atoms with Gasteiger partial charge in [-0.2, -0.15) is 0 Å². The van der Waals surface area contributed by atoms with Crippen molar-refractivity contribution in [2.75, 3.05) is 19.0 Å². The first-order valence-corrected chi connectivity index (χ1v) is 4.10. The summed E-state index contributed by atoms with van der Waals surface area (Å²) in [6.45, 7) is 6.55. The number of methoxy groups -OCH3 is 1. The Morgan fingerprint density at radius 2 is 2.46 bits per heavy atom. The van der Waals surface area contributed by atoms with Crippen LogP contribution in [-0.2, 0) is 0 Å². The Balaban J connectivity index is 2.61. The highest BCUT2D eigenvalue weighted by Gasteiger charge is 1.95. The fraction of sp³-hybridized carbons (Fsp3) is 0.300. The van der Waals surface area contributed by atoms with Gasteiger partial charge in [-0.05, 0) is 13.0 Å². The third-order valence-electron chi connectivity index (χ3n) is 1.54. The van der Waals surface area contributed by atoms with E-state index in [0.717, 1.165) is 17.8 Å². The first-order chi connectivity index (χ1) is 6.22. The largest absolute Gasteiger partial charge is 0.481 e. The maximum Gasteiger partial charge on any atom is 0.214 e. The number of anilines is 1. The van der Waals surface area contributed by atoms with E-state index in [2.05, 4.69) is 16.9 Å². The van der Waals surface area contributed by atoms with Gasteiger partial charge in [0.25, 0.3) is 0 Å². The molecule has 0 unspecified atom stereocenters. The number of ether oxygens (including phenoxy) is 1. The number of nitrogens with zero attached hydrogens (tertiary/aromatic N) is 1. The van der Waals surface area contributed by atoms with E-state index in [1.54, 1.807) is 13.3 Å². The van der Waals surface area contributed by atoms with Gasteiger partial charge in [0.05, 0.1) is 7.11 Å². The van der Waals surface area contributed by atoms with Crippen LogP contribution >= 0.6 is 0 Å². The molecule has 1 N–H and O–H groups in total. The van der Waals surface area contributed by atoms with Gasteiger partial charge in [0.15, 0.2) is 0 Å². The molecule has 1 aromatic heterocycles. The molecule has 0 amide bonds. The van der Waals surface area contributed by atoms with E-state index in [4.69, 9.17) is 4.74 Å². The number of rotatable bonds is 4. The Kier molecular flexibility index (Phi) is 3.31. The van der Waals surface area contributed by atoms with Gasteiger partial charge in [-0.15, -0.1) is 0 Å². The summed E-state index contributed by atoms with van der Waals surface area (Å²) in [6.07, 6.45) is 1.71. The molecule has 0 aliphatic carbocycles. The average molecular weight is 178 g/mol. The molecule has 0 aliphatic heterocycles. The van der Waals surface area contributed by atoms with Crippen LogP contribution in [0.4, 0.5) is 5.69 Å². The van der Waals surface area contributed by atoms with Crippen LogP contribution in [0.5, 0.6) is 5.88 Å². The first-order valence-electron chi connectivity index (χ1n) is 4.10. The minimum atomic E-state index is 0.617. The van der Waals surface area contributed by atoms with Crippen molar-refractivity contribution in [2.45, 2.75) is 6.92 Å². The van der Waals surface area contributed by atoms with Gasteiger partial charge in [-0.25, -0.2) is 4.98 Å².